The second-order valence-corrected chi connectivity index (χ2v) is 4.66. The van der Waals surface area contributed by atoms with E-state index in [4.69, 9.17) is 0 Å². The normalized spacial score (nSPS) is 22.1. The molecule has 2 heterocycles. The van der Waals surface area contributed by atoms with Crippen LogP contribution in [0.25, 0.3) is 0 Å². The first kappa shape index (κ1) is 12.4. The van der Waals surface area contributed by atoms with E-state index in [0.29, 0.717) is 0 Å². The van der Waals surface area contributed by atoms with Crippen LogP contribution in [0, 0.1) is 0 Å². The third-order valence-electron chi connectivity index (χ3n) is 3.23. The molecule has 0 aliphatic carbocycles. The van der Waals surface area contributed by atoms with E-state index in [0.717, 1.165) is 19.0 Å². The van der Waals surface area contributed by atoms with Crippen LogP contribution in [0.1, 0.15) is 6.42 Å². The Morgan fingerprint density at radius 1 is 1.35 bits per heavy atom. The van der Waals surface area contributed by atoms with Crippen molar-refractivity contribution >= 4 is 5.96 Å². The van der Waals surface area contributed by atoms with Crippen LogP contribution in [0.2, 0.25) is 0 Å². The van der Waals surface area contributed by atoms with E-state index in [9.17, 15) is 0 Å². The average Bonchev–Trinajstić information content (AvgIpc) is 2.38. The molecule has 0 aromatic carbocycles. The van der Waals surface area contributed by atoms with Crippen molar-refractivity contribution in [2.45, 2.75) is 6.42 Å². The highest BCUT2D eigenvalue weighted by Gasteiger charge is 2.12. The molecule has 0 radical (unpaired) electrons. The topological polar surface area (TPSA) is 42.9 Å². The summed E-state index contributed by atoms with van der Waals surface area (Å²) < 4.78 is 0. The van der Waals surface area contributed by atoms with Crippen molar-refractivity contribution in [2.75, 3.05) is 52.9 Å². The predicted molar refractivity (Wildman–Crippen MR) is 71.1 cm³/mol. The van der Waals surface area contributed by atoms with Gasteiger partial charge < -0.3 is 20.4 Å². The summed E-state index contributed by atoms with van der Waals surface area (Å²) in [5.74, 6) is 0.908. The summed E-state index contributed by atoms with van der Waals surface area (Å²) in [6.45, 7) is 7.78. The molecule has 5 nitrogen and oxygen atoms in total. The third-order valence-corrected chi connectivity index (χ3v) is 3.23. The van der Waals surface area contributed by atoms with Gasteiger partial charge in [0.2, 0.25) is 0 Å². The largest absolute Gasteiger partial charge is 0.356 e. The summed E-state index contributed by atoms with van der Waals surface area (Å²) >= 11 is 0. The Morgan fingerprint density at radius 2 is 2.18 bits per heavy atom. The van der Waals surface area contributed by atoms with Gasteiger partial charge in [0.05, 0.1) is 6.54 Å². The van der Waals surface area contributed by atoms with Gasteiger partial charge in [-0.05, 0) is 26.1 Å². The molecule has 0 atom stereocenters. The monoisotopic (exact) mass is 237 g/mol. The van der Waals surface area contributed by atoms with Gasteiger partial charge >= 0.3 is 0 Å². The molecule has 1 saturated heterocycles. The number of rotatable bonds is 4. The van der Waals surface area contributed by atoms with Crippen molar-refractivity contribution in [3.05, 3.63) is 12.3 Å². The summed E-state index contributed by atoms with van der Waals surface area (Å²) in [5, 5.41) is 6.42. The van der Waals surface area contributed by atoms with Gasteiger partial charge in [0.15, 0.2) is 5.96 Å². The van der Waals surface area contributed by atoms with Crippen LogP contribution >= 0.6 is 0 Å². The van der Waals surface area contributed by atoms with E-state index in [1.807, 2.05) is 12.3 Å². The molecule has 0 bridgehead atoms. The summed E-state index contributed by atoms with van der Waals surface area (Å²) in [5.41, 5.74) is 0. The highest BCUT2D eigenvalue weighted by Crippen LogP contribution is 1.99. The Kier molecular flexibility index (Phi) is 4.82. The molecule has 2 aliphatic rings. The fraction of sp³-hybridized carbons (Fsp3) is 0.750. The Morgan fingerprint density at radius 3 is 2.88 bits per heavy atom. The van der Waals surface area contributed by atoms with Crippen molar-refractivity contribution in [1.82, 2.24) is 20.4 Å². The van der Waals surface area contributed by atoms with Crippen LogP contribution in [-0.2, 0) is 0 Å². The maximum atomic E-state index is 4.31. The summed E-state index contributed by atoms with van der Waals surface area (Å²) in [6.07, 6.45) is 5.12. The van der Waals surface area contributed by atoms with E-state index in [2.05, 4.69) is 32.5 Å². The Hall–Kier alpha value is -1.07. The van der Waals surface area contributed by atoms with Crippen molar-refractivity contribution in [3.8, 4) is 0 Å². The molecule has 0 spiro atoms. The fourth-order valence-electron chi connectivity index (χ4n) is 2.07. The molecule has 2 N–H and O–H groups in total. The second-order valence-electron chi connectivity index (χ2n) is 4.66. The third kappa shape index (κ3) is 4.36. The molecule has 0 aromatic heterocycles. The minimum absolute atomic E-state index is 0.786. The standard InChI is InChI=1S/C12H23N5/c1-16-8-10-17(11-9-16)7-3-6-15-12-13-4-2-5-14-12/h2,4H,3,5-11H2,1H3,(H2,13,14,15). The van der Waals surface area contributed by atoms with Gasteiger partial charge in [-0.15, -0.1) is 0 Å². The van der Waals surface area contributed by atoms with Crippen molar-refractivity contribution in [1.29, 1.82) is 0 Å². The number of hydrogen-bond donors (Lipinski definition) is 2. The highest BCUT2D eigenvalue weighted by molar-refractivity contribution is 5.81. The molecular formula is C12H23N5. The Bertz CT molecular complexity index is 279. The van der Waals surface area contributed by atoms with Gasteiger partial charge in [0, 0.05) is 38.9 Å². The lowest BCUT2D eigenvalue weighted by molar-refractivity contribution is 0.153. The molecule has 1 fully saturated rings. The minimum Gasteiger partial charge on any atom is -0.356 e. The lowest BCUT2D eigenvalue weighted by atomic mass is 10.3. The Balaban J connectivity index is 1.52. The number of hydrogen-bond acceptors (Lipinski definition) is 5. The molecular weight excluding hydrogens is 214 g/mol. The van der Waals surface area contributed by atoms with Crippen molar-refractivity contribution in [2.24, 2.45) is 4.99 Å². The minimum atomic E-state index is 0.786. The van der Waals surface area contributed by atoms with E-state index in [1.54, 1.807) is 0 Å². The lowest BCUT2D eigenvalue weighted by Crippen LogP contribution is -2.45. The summed E-state index contributed by atoms with van der Waals surface area (Å²) in [7, 11) is 2.19. The van der Waals surface area contributed by atoms with Crippen molar-refractivity contribution < 1.29 is 0 Å². The average molecular weight is 237 g/mol. The van der Waals surface area contributed by atoms with Crippen LogP contribution in [0.15, 0.2) is 17.3 Å². The van der Waals surface area contributed by atoms with Crippen LogP contribution in [0.5, 0.6) is 0 Å². The summed E-state index contributed by atoms with van der Waals surface area (Å²) in [4.78, 5) is 9.24. The molecule has 0 unspecified atom stereocenters. The van der Waals surface area contributed by atoms with Crippen LogP contribution in [0.4, 0.5) is 0 Å². The van der Waals surface area contributed by atoms with Gasteiger partial charge in [-0.2, -0.15) is 0 Å². The SMILES string of the molecule is CN1CCN(CCCNC2=NCC=CN2)CC1. The maximum Gasteiger partial charge on any atom is 0.195 e. The van der Waals surface area contributed by atoms with Crippen molar-refractivity contribution in [3.63, 3.8) is 0 Å². The maximum absolute atomic E-state index is 4.31. The van der Waals surface area contributed by atoms with Gasteiger partial charge in [0.1, 0.15) is 0 Å². The highest BCUT2D eigenvalue weighted by atomic mass is 15.2. The van der Waals surface area contributed by atoms with Gasteiger partial charge in [0.25, 0.3) is 0 Å². The van der Waals surface area contributed by atoms with Gasteiger partial charge in [-0.25, -0.2) is 4.99 Å². The number of piperazine rings is 1. The second kappa shape index (κ2) is 6.61. The first-order chi connectivity index (χ1) is 8.34. The lowest BCUT2D eigenvalue weighted by Gasteiger charge is -2.32. The van der Waals surface area contributed by atoms with Crippen LogP contribution in [0.3, 0.4) is 0 Å². The summed E-state index contributed by atoms with van der Waals surface area (Å²) in [6, 6.07) is 0. The molecule has 5 heteroatoms. The van der Waals surface area contributed by atoms with E-state index in [-0.39, 0.29) is 0 Å². The Labute approximate surface area is 104 Å². The number of nitrogens with zero attached hydrogens (tertiary/aromatic N) is 3. The van der Waals surface area contributed by atoms with E-state index < -0.39 is 0 Å². The molecule has 0 saturated carbocycles. The molecule has 96 valence electrons. The first-order valence-corrected chi connectivity index (χ1v) is 6.45. The molecule has 17 heavy (non-hydrogen) atoms. The van der Waals surface area contributed by atoms with Gasteiger partial charge in [-0.3, -0.25) is 0 Å². The zero-order chi connectivity index (χ0) is 11.9. The smallest absolute Gasteiger partial charge is 0.195 e. The molecule has 2 rings (SSSR count). The predicted octanol–water partition coefficient (Wildman–Crippen LogP) is -0.314. The van der Waals surface area contributed by atoms with Crippen LogP contribution < -0.4 is 10.6 Å². The number of aliphatic imine (C=N–C) groups is 1. The zero-order valence-corrected chi connectivity index (χ0v) is 10.7. The number of likely N-dealkylation sites (N-methyl/N-ethyl adjacent to an activating group) is 1. The van der Waals surface area contributed by atoms with E-state index in [1.165, 1.54) is 39.1 Å². The fourth-order valence-corrected chi connectivity index (χ4v) is 2.07. The molecule has 0 amide bonds. The van der Waals surface area contributed by atoms with Crippen LogP contribution in [-0.4, -0.2) is 68.6 Å². The van der Waals surface area contributed by atoms with Gasteiger partial charge in [-0.1, -0.05) is 0 Å². The zero-order valence-electron chi connectivity index (χ0n) is 10.7. The quantitative estimate of drug-likeness (QED) is 0.658. The van der Waals surface area contributed by atoms with E-state index >= 15 is 0 Å². The number of nitrogens with one attached hydrogen (secondary N) is 2. The molecule has 2 aliphatic heterocycles. The number of guanidine groups is 1. The molecule has 0 aromatic rings. The first-order valence-electron chi connectivity index (χ1n) is 6.45.